The Morgan fingerprint density at radius 1 is 1.67 bits per heavy atom. The van der Waals surface area contributed by atoms with Crippen molar-refractivity contribution in [2.45, 2.75) is 13.3 Å². The first kappa shape index (κ1) is 9.39. The van der Waals surface area contributed by atoms with Crippen LogP contribution in [0.15, 0.2) is 28.2 Å². The lowest BCUT2D eigenvalue weighted by Gasteiger charge is -2.09. The van der Waals surface area contributed by atoms with Gasteiger partial charge in [-0.15, -0.1) is 11.8 Å². The standard InChI is InChI=1S/C9H14N2S/c1-7-4-3-5-8(12-2)6-11-9(7)10/h3,5-7H,4H2,1-2H3,(H2,10,11). The summed E-state index contributed by atoms with van der Waals surface area (Å²) < 4.78 is 0. The molecule has 3 heteroatoms. The Labute approximate surface area is 77.6 Å². The summed E-state index contributed by atoms with van der Waals surface area (Å²) in [5.74, 6) is 1.09. The molecule has 0 spiro atoms. The molecule has 66 valence electrons. The Hall–Kier alpha value is -0.700. The highest BCUT2D eigenvalue weighted by molar-refractivity contribution is 8.02. The van der Waals surface area contributed by atoms with Crippen LogP contribution in [0.2, 0.25) is 0 Å². The first-order valence-electron chi connectivity index (χ1n) is 3.98. The molecule has 0 fully saturated rings. The maximum Gasteiger partial charge on any atom is 0.102 e. The van der Waals surface area contributed by atoms with Crippen molar-refractivity contribution in [2.75, 3.05) is 6.26 Å². The lowest BCUT2D eigenvalue weighted by atomic mass is 10.1. The average molecular weight is 182 g/mol. The van der Waals surface area contributed by atoms with Crippen molar-refractivity contribution in [3.05, 3.63) is 23.3 Å². The van der Waals surface area contributed by atoms with Gasteiger partial charge in [-0.2, -0.15) is 0 Å². The summed E-state index contributed by atoms with van der Waals surface area (Å²) in [4.78, 5) is 5.33. The topological polar surface area (TPSA) is 38.4 Å². The Kier molecular flexibility index (Phi) is 3.41. The summed E-state index contributed by atoms with van der Waals surface area (Å²) in [5, 5.41) is 0. The second-order valence-electron chi connectivity index (χ2n) is 2.83. The van der Waals surface area contributed by atoms with Crippen LogP contribution in [0.5, 0.6) is 0 Å². The van der Waals surface area contributed by atoms with E-state index >= 15 is 0 Å². The SMILES string of the molecule is CSC1=CN=C(N)C(C)CC=C1. The fourth-order valence-electron chi connectivity index (χ4n) is 0.938. The van der Waals surface area contributed by atoms with Crippen molar-refractivity contribution in [1.82, 2.24) is 0 Å². The first-order valence-corrected chi connectivity index (χ1v) is 5.20. The van der Waals surface area contributed by atoms with Gasteiger partial charge in [0.15, 0.2) is 0 Å². The Morgan fingerprint density at radius 3 is 3.08 bits per heavy atom. The molecule has 0 aromatic rings. The van der Waals surface area contributed by atoms with Crippen molar-refractivity contribution < 1.29 is 0 Å². The first-order chi connectivity index (χ1) is 5.74. The number of hydrogen-bond acceptors (Lipinski definition) is 3. The second-order valence-corrected chi connectivity index (χ2v) is 3.71. The molecule has 0 bridgehead atoms. The van der Waals surface area contributed by atoms with Gasteiger partial charge in [-0.1, -0.05) is 19.1 Å². The molecule has 1 aliphatic heterocycles. The number of allylic oxidation sites excluding steroid dienone is 2. The van der Waals surface area contributed by atoms with Gasteiger partial charge >= 0.3 is 0 Å². The minimum atomic E-state index is 0.362. The van der Waals surface area contributed by atoms with Crippen molar-refractivity contribution in [2.24, 2.45) is 16.6 Å². The van der Waals surface area contributed by atoms with E-state index in [1.54, 1.807) is 11.8 Å². The molecule has 1 aliphatic rings. The predicted octanol–water partition coefficient (Wildman–Crippen LogP) is 2.14. The Balaban J connectivity index is 2.83. The van der Waals surface area contributed by atoms with Gasteiger partial charge in [-0.05, 0) is 12.7 Å². The van der Waals surface area contributed by atoms with E-state index in [0.29, 0.717) is 5.92 Å². The number of hydrogen-bond donors (Lipinski definition) is 1. The molecule has 1 unspecified atom stereocenters. The maximum absolute atomic E-state index is 5.73. The number of thioether (sulfide) groups is 1. The molecular formula is C9H14N2S. The molecule has 12 heavy (non-hydrogen) atoms. The Bertz CT molecular complexity index is 241. The summed E-state index contributed by atoms with van der Waals surface area (Å²) in [6.07, 6.45) is 9.08. The minimum absolute atomic E-state index is 0.362. The van der Waals surface area contributed by atoms with Crippen molar-refractivity contribution >= 4 is 17.6 Å². The zero-order valence-electron chi connectivity index (χ0n) is 7.45. The van der Waals surface area contributed by atoms with E-state index < -0.39 is 0 Å². The quantitative estimate of drug-likeness (QED) is 0.674. The van der Waals surface area contributed by atoms with Gasteiger partial charge in [0.25, 0.3) is 0 Å². The van der Waals surface area contributed by atoms with Crippen LogP contribution in [-0.4, -0.2) is 12.1 Å². The summed E-state index contributed by atoms with van der Waals surface area (Å²) in [7, 11) is 0. The van der Waals surface area contributed by atoms with E-state index in [4.69, 9.17) is 5.73 Å². The van der Waals surface area contributed by atoms with Crippen LogP contribution in [0.4, 0.5) is 0 Å². The fourth-order valence-corrected chi connectivity index (χ4v) is 1.33. The monoisotopic (exact) mass is 182 g/mol. The summed E-state index contributed by atoms with van der Waals surface area (Å²) in [6.45, 7) is 2.08. The third-order valence-electron chi connectivity index (χ3n) is 1.85. The molecule has 2 N–H and O–H groups in total. The average Bonchev–Trinajstić information content (AvgIpc) is 2.07. The lowest BCUT2D eigenvalue weighted by molar-refractivity contribution is 0.780. The Morgan fingerprint density at radius 2 is 2.42 bits per heavy atom. The smallest absolute Gasteiger partial charge is 0.102 e. The molecule has 0 saturated heterocycles. The van der Waals surface area contributed by atoms with Crippen LogP contribution >= 0.6 is 11.8 Å². The molecule has 0 saturated carbocycles. The van der Waals surface area contributed by atoms with Crippen LogP contribution in [0.3, 0.4) is 0 Å². The van der Waals surface area contributed by atoms with Gasteiger partial charge in [-0.3, -0.25) is 0 Å². The third-order valence-corrected chi connectivity index (χ3v) is 2.57. The number of amidine groups is 1. The summed E-state index contributed by atoms with van der Waals surface area (Å²) in [5.41, 5.74) is 5.73. The third kappa shape index (κ3) is 2.41. The molecule has 1 rings (SSSR count). The van der Waals surface area contributed by atoms with Crippen molar-refractivity contribution in [3.63, 3.8) is 0 Å². The number of aliphatic imine (C=N–C) groups is 1. The molecule has 0 aromatic carbocycles. The molecule has 0 radical (unpaired) electrons. The molecule has 1 heterocycles. The zero-order chi connectivity index (χ0) is 8.97. The molecule has 0 amide bonds. The number of nitrogens with zero attached hydrogens (tertiary/aromatic N) is 1. The van der Waals surface area contributed by atoms with Crippen LogP contribution in [-0.2, 0) is 0 Å². The maximum atomic E-state index is 5.73. The zero-order valence-corrected chi connectivity index (χ0v) is 8.27. The van der Waals surface area contributed by atoms with Gasteiger partial charge in [0.05, 0.1) is 0 Å². The molecular weight excluding hydrogens is 168 g/mol. The van der Waals surface area contributed by atoms with Gasteiger partial charge in [0.1, 0.15) is 5.84 Å². The van der Waals surface area contributed by atoms with Crippen LogP contribution < -0.4 is 5.73 Å². The fraction of sp³-hybridized carbons (Fsp3) is 0.444. The molecule has 0 aliphatic carbocycles. The number of rotatable bonds is 1. The van der Waals surface area contributed by atoms with E-state index in [2.05, 4.69) is 24.1 Å². The van der Waals surface area contributed by atoms with Crippen LogP contribution in [0.1, 0.15) is 13.3 Å². The molecule has 2 nitrogen and oxygen atoms in total. The summed E-state index contributed by atoms with van der Waals surface area (Å²) >= 11 is 1.68. The highest BCUT2D eigenvalue weighted by Gasteiger charge is 2.05. The molecule has 1 atom stereocenters. The highest BCUT2D eigenvalue weighted by Crippen LogP contribution is 2.17. The highest BCUT2D eigenvalue weighted by atomic mass is 32.2. The van der Waals surface area contributed by atoms with E-state index in [1.807, 2.05) is 12.5 Å². The van der Waals surface area contributed by atoms with E-state index in [1.165, 1.54) is 0 Å². The minimum Gasteiger partial charge on any atom is -0.387 e. The van der Waals surface area contributed by atoms with Gasteiger partial charge in [0, 0.05) is 17.0 Å². The largest absolute Gasteiger partial charge is 0.387 e. The molecule has 0 aromatic heterocycles. The number of nitrogens with two attached hydrogens (primary N) is 1. The van der Waals surface area contributed by atoms with Gasteiger partial charge in [-0.25, -0.2) is 4.99 Å². The van der Waals surface area contributed by atoms with Crippen molar-refractivity contribution in [3.8, 4) is 0 Å². The van der Waals surface area contributed by atoms with Gasteiger partial charge in [0.2, 0.25) is 0 Å². The van der Waals surface area contributed by atoms with Gasteiger partial charge < -0.3 is 5.73 Å². The van der Waals surface area contributed by atoms with Crippen molar-refractivity contribution in [1.29, 1.82) is 0 Å². The normalized spacial score (nSPS) is 24.0. The second kappa shape index (κ2) is 4.36. The van der Waals surface area contributed by atoms with Crippen LogP contribution in [0.25, 0.3) is 0 Å². The van der Waals surface area contributed by atoms with E-state index in [9.17, 15) is 0 Å². The lowest BCUT2D eigenvalue weighted by Crippen LogP contribution is -2.20. The summed E-state index contributed by atoms with van der Waals surface area (Å²) in [6, 6.07) is 0. The van der Waals surface area contributed by atoms with E-state index in [0.717, 1.165) is 17.2 Å². The predicted molar refractivity (Wildman–Crippen MR) is 56.1 cm³/mol. The van der Waals surface area contributed by atoms with E-state index in [-0.39, 0.29) is 0 Å². The van der Waals surface area contributed by atoms with Crippen LogP contribution in [0, 0.1) is 5.92 Å².